The minimum atomic E-state index is -0.539. The highest BCUT2D eigenvalue weighted by molar-refractivity contribution is 5.94. The summed E-state index contributed by atoms with van der Waals surface area (Å²) in [5.74, 6) is 0.262. The number of carbonyl (C=O) groups excluding carboxylic acids is 1. The molecule has 0 radical (unpaired) electrons. The summed E-state index contributed by atoms with van der Waals surface area (Å²) in [6, 6.07) is 9.50. The molecule has 2 N–H and O–H groups in total. The average Bonchev–Trinajstić information content (AvgIpc) is 3.06. The molecule has 128 valence electrons. The summed E-state index contributed by atoms with van der Waals surface area (Å²) in [7, 11) is 0. The summed E-state index contributed by atoms with van der Waals surface area (Å²) < 4.78 is 15.2. The zero-order valence-electron chi connectivity index (χ0n) is 13.6. The van der Waals surface area contributed by atoms with Crippen molar-refractivity contribution in [2.75, 3.05) is 18.4 Å². The van der Waals surface area contributed by atoms with E-state index in [9.17, 15) is 9.18 Å². The molecule has 0 aliphatic rings. The number of rotatable bonds is 6. The van der Waals surface area contributed by atoms with E-state index < -0.39 is 11.7 Å². The van der Waals surface area contributed by atoms with Gasteiger partial charge < -0.3 is 10.6 Å². The molecule has 7 nitrogen and oxygen atoms in total. The van der Waals surface area contributed by atoms with Gasteiger partial charge in [-0.05, 0) is 25.1 Å². The van der Waals surface area contributed by atoms with Crippen LogP contribution in [0.25, 0.3) is 5.82 Å². The van der Waals surface area contributed by atoms with E-state index in [1.165, 1.54) is 18.5 Å². The standard InChI is InChI=1S/C17H17FN6O/c1-12-6-9-24(23-12)16-10-15(21-11-22-16)19-7-8-20-17(25)13-4-2-3-5-14(13)18/h2-6,9-11H,7-8H2,1H3,(H,20,25)(H,19,21,22). The summed E-state index contributed by atoms with van der Waals surface area (Å²) in [5.41, 5.74) is 0.921. The number of amides is 1. The van der Waals surface area contributed by atoms with Gasteiger partial charge in [-0.2, -0.15) is 5.10 Å². The molecule has 0 saturated heterocycles. The van der Waals surface area contributed by atoms with E-state index in [1.807, 2.05) is 19.2 Å². The Balaban J connectivity index is 1.53. The van der Waals surface area contributed by atoms with E-state index in [-0.39, 0.29) is 5.56 Å². The van der Waals surface area contributed by atoms with Gasteiger partial charge in [0.2, 0.25) is 0 Å². The third-order valence-corrected chi connectivity index (χ3v) is 3.44. The maximum atomic E-state index is 13.5. The summed E-state index contributed by atoms with van der Waals surface area (Å²) in [6.07, 6.45) is 3.25. The van der Waals surface area contributed by atoms with Crippen molar-refractivity contribution in [1.29, 1.82) is 0 Å². The van der Waals surface area contributed by atoms with Gasteiger partial charge in [0.25, 0.3) is 5.91 Å². The molecule has 0 aliphatic carbocycles. The molecule has 0 bridgehead atoms. The average molecular weight is 340 g/mol. The van der Waals surface area contributed by atoms with Crippen molar-refractivity contribution in [3.63, 3.8) is 0 Å². The summed E-state index contributed by atoms with van der Waals surface area (Å²) in [5, 5.41) is 10.0. The molecule has 2 heterocycles. The fraction of sp³-hybridized carbons (Fsp3) is 0.176. The third kappa shape index (κ3) is 4.17. The van der Waals surface area contributed by atoms with Crippen LogP contribution < -0.4 is 10.6 Å². The highest BCUT2D eigenvalue weighted by Gasteiger charge is 2.09. The molecule has 0 aliphatic heterocycles. The van der Waals surface area contributed by atoms with Crippen LogP contribution in [0, 0.1) is 12.7 Å². The van der Waals surface area contributed by atoms with Crippen LogP contribution in [-0.2, 0) is 0 Å². The summed E-state index contributed by atoms with van der Waals surface area (Å²) >= 11 is 0. The second-order valence-corrected chi connectivity index (χ2v) is 5.33. The number of aromatic nitrogens is 4. The SMILES string of the molecule is Cc1ccn(-c2cc(NCCNC(=O)c3ccccc3F)ncn2)n1. The number of hydrogen-bond acceptors (Lipinski definition) is 5. The Morgan fingerprint density at radius 2 is 2.04 bits per heavy atom. The zero-order chi connectivity index (χ0) is 17.6. The van der Waals surface area contributed by atoms with Crippen molar-refractivity contribution in [3.05, 3.63) is 66.0 Å². The molecule has 1 amide bonds. The Kier molecular flexibility index (Phi) is 4.98. The predicted octanol–water partition coefficient (Wildman–Crippen LogP) is 1.95. The smallest absolute Gasteiger partial charge is 0.254 e. The summed E-state index contributed by atoms with van der Waals surface area (Å²) in [4.78, 5) is 20.2. The zero-order valence-corrected chi connectivity index (χ0v) is 13.6. The van der Waals surface area contributed by atoms with Crippen molar-refractivity contribution < 1.29 is 9.18 Å². The molecule has 0 fully saturated rings. The normalized spacial score (nSPS) is 10.5. The Bertz CT molecular complexity index is 879. The van der Waals surface area contributed by atoms with Gasteiger partial charge in [0.15, 0.2) is 5.82 Å². The minimum absolute atomic E-state index is 0.0286. The molecule has 1 aromatic carbocycles. The van der Waals surface area contributed by atoms with Gasteiger partial charge >= 0.3 is 0 Å². The summed E-state index contributed by atoms with van der Waals surface area (Å²) in [6.45, 7) is 2.66. The second kappa shape index (κ2) is 7.52. The molecule has 3 rings (SSSR count). The molecule has 0 unspecified atom stereocenters. The van der Waals surface area contributed by atoms with Gasteiger partial charge in [-0.1, -0.05) is 12.1 Å². The maximum absolute atomic E-state index is 13.5. The molecule has 0 spiro atoms. The molecule has 3 aromatic rings. The van der Waals surface area contributed by atoms with Crippen LogP contribution >= 0.6 is 0 Å². The van der Waals surface area contributed by atoms with E-state index in [1.54, 1.807) is 22.9 Å². The van der Waals surface area contributed by atoms with Crippen molar-refractivity contribution in [1.82, 2.24) is 25.1 Å². The van der Waals surface area contributed by atoms with Crippen LogP contribution in [0.1, 0.15) is 16.1 Å². The van der Waals surface area contributed by atoms with Gasteiger partial charge in [-0.25, -0.2) is 19.0 Å². The van der Waals surface area contributed by atoms with E-state index in [2.05, 4.69) is 25.7 Å². The lowest BCUT2D eigenvalue weighted by atomic mass is 10.2. The van der Waals surface area contributed by atoms with Crippen LogP contribution in [-0.4, -0.2) is 38.7 Å². The number of anilines is 1. The van der Waals surface area contributed by atoms with Crippen molar-refractivity contribution in [2.45, 2.75) is 6.92 Å². The first kappa shape index (κ1) is 16.6. The molecule has 25 heavy (non-hydrogen) atoms. The lowest BCUT2D eigenvalue weighted by molar-refractivity contribution is 0.0951. The fourth-order valence-corrected chi connectivity index (χ4v) is 2.22. The Hall–Kier alpha value is -3.29. The van der Waals surface area contributed by atoms with E-state index in [0.29, 0.717) is 24.7 Å². The predicted molar refractivity (Wildman–Crippen MR) is 91.1 cm³/mol. The van der Waals surface area contributed by atoms with Crippen molar-refractivity contribution in [2.24, 2.45) is 0 Å². The monoisotopic (exact) mass is 340 g/mol. The number of aryl methyl sites for hydroxylation is 1. The van der Waals surface area contributed by atoms with Crippen molar-refractivity contribution >= 4 is 11.7 Å². The molecule has 2 aromatic heterocycles. The quantitative estimate of drug-likeness (QED) is 0.670. The first-order chi connectivity index (χ1) is 12.1. The number of nitrogens with zero attached hydrogens (tertiary/aromatic N) is 4. The highest BCUT2D eigenvalue weighted by Crippen LogP contribution is 2.08. The van der Waals surface area contributed by atoms with Crippen LogP contribution in [0.3, 0.4) is 0 Å². The van der Waals surface area contributed by atoms with Crippen LogP contribution in [0.15, 0.2) is 48.9 Å². The van der Waals surface area contributed by atoms with Gasteiger partial charge in [-0.3, -0.25) is 4.79 Å². The van der Waals surface area contributed by atoms with Gasteiger partial charge in [-0.15, -0.1) is 0 Å². The molecular formula is C17H17FN6O. The van der Waals surface area contributed by atoms with Gasteiger partial charge in [0.05, 0.1) is 11.3 Å². The highest BCUT2D eigenvalue weighted by atomic mass is 19.1. The van der Waals surface area contributed by atoms with Crippen molar-refractivity contribution in [3.8, 4) is 5.82 Å². The molecule has 8 heteroatoms. The van der Waals surface area contributed by atoms with Crippen LogP contribution in [0.4, 0.5) is 10.2 Å². The maximum Gasteiger partial charge on any atom is 0.254 e. The Labute approximate surface area is 143 Å². The molecule has 0 saturated carbocycles. The lowest BCUT2D eigenvalue weighted by Crippen LogP contribution is -2.29. The van der Waals surface area contributed by atoms with E-state index >= 15 is 0 Å². The van der Waals surface area contributed by atoms with Gasteiger partial charge in [0.1, 0.15) is 18.0 Å². The Morgan fingerprint density at radius 3 is 2.80 bits per heavy atom. The van der Waals surface area contributed by atoms with E-state index in [4.69, 9.17) is 0 Å². The minimum Gasteiger partial charge on any atom is -0.368 e. The number of halogens is 1. The molecule has 0 atom stereocenters. The first-order valence-corrected chi connectivity index (χ1v) is 7.75. The fourth-order valence-electron chi connectivity index (χ4n) is 2.22. The number of benzene rings is 1. The largest absolute Gasteiger partial charge is 0.368 e. The third-order valence-electron chi connectivity index (χ3n) is 3.44. The van der Waals surface area contributed by atoms with Crippen LogP contribution in [0.5, 0.6) is 0 Å². The number of carbonyl (C=O) groups is 1. The topological polar surface area (TPSA) is 84.7 Å². The molecular weight excluding hydrogens is 323 g/mol. The van der Waals surface area contributed by atoms with Crippen LogP contribution in [0.2, 0.25) is 0 Å². The number of nitrogens with one attached hydrogen (secondary N) is 2. The van der Waals surface area contributed by atoms with E-state index in [0.717, 1.165) is 5.69 Å². The number of hydrogen-bond donors (Lipinski definition) is 2. The Morgan fingerprint density at radius 1 is 1.20 bits per heavy atom. The second-order valence-electron chi connectivity index (χ2n) is 5.33. The lowest BCUT2D eigenvalue weighted by Gasteiger charge is -2.08. The first-order valence-electron chi connectivity index (χ1n) is 7.75. The van der Waals surface area contributed by atoms with Gasteiger partial charge in [0, 0.05) is 25.4 Å².